The Bertz CT molecular complexity index is 309. The highest BCUT2D eigenvalue weighted by Gasteiger charge is 2.23. The Hall–Kier alpha value is -0.210. The van der Waals surface area contributed by atoms with Crippen LogP contribution in [0, 0.1) is 0 Å². The van der Waals surface area contributed by atoms with Gasteiger partial charge in [-0.05, 0) is 25.8 Å². The number of nitrogens with one attached hydrogen (secondary N) is 1. The number of aliphatic hydroxyl groups is 2. The SMILES string of the molecule is O=S(=O)(CCC1CCCCN1)N(CCO)CCO. The van der Waals surface area contributed by atoms with Gasteiger partial charge < -0.3 is 15.5 Å². The zero-order valence-corrected chi connectivity index (χ0v) is 11.5. The molecular weight excluding hydrogens is 256 g/mol. The van der Waals surface area contributed by atoms with Crippen LogP contribution in [-0.2, 0) is 10.0 Å². The number of sulfonamides is 1. The molecule has 1 fully saturated rings. The maximum absolute atomic E-state index is 12.0. The molecule has 0 amide bonds. The lowest BCUT2D eigenvalue weighted by atomic mass is 10.0. The van der Waals surface area contributed by atoms with Gasteiger partial charge in [0.25, 0.3) is 0 Å². The number of nitrogens with zero attached hydrogens (tertiary/aromatic N) is 1. The summed E-state index contributed by atoms with van der Waals surface area (Å²) in [6, 6.07) is 0.277. The summed E-state index contributed by atoms with van der Waals surface area (Å²) in [6.45, 7) is 0.630. The summed E-state index contributed by atoms with van der Waals surface area (Å²) in [5.41, 5.74) is 0. The molecule has 0 saturated carbocycles. The molecular formula is C11H24N2O4S. The van der Waals surface area contributed by atoms with Crippen molar-refractivity contribution in [1.29, 1.82) is 0 Å². The van der Waals surface area contributed by atoms with Gasteiger partial charge in [-0.2, -0.15) is 4.31 Å². The number of piperidine rings is 1. The second kappa shape index (κ2) is 8.06. The molecule has 0 bridgehead atoms. The standard InChI is InChI=1S/C11H24N2O4S/c14-8-6-13(7-9-15)18(16,17)10-4-11-3-1-2-5-12-11/h11-12,14-15H,1-10H2. The van der Waals surface area contributed by atoms with Crippen LogP contribution in [-0.4, -0.2) is 67.6 Å². The molecule has 1 aliphatic rings. The molecule has 18 heavy (non-hydrogen) atoms. The molecule has 1 rings (SSSR count). The van der Waals surface area contributed by atoms with E-state index in [-0.39, 0.29) is 38.1 Å². The van der Waals surface area contributed by atoms with Gasteiger partial charge in [0.2, 0.25) is 10.0 Å². The van der Waals surface area contributed by atoms with E-state index in [0.717, 1.165) is 30.1 Å². The Labute approximate surface area is 109 Å². The van der Waals surface area contributed by atoms with Crippen LogP contribution in [0.25, 0.3) is 0 Å². The Balaban J connectivity index is 2.45. The predicted octanol–water partition coefficient (Wildman–Crippen LogP) is -0.865. The van der Waals surface area contributed by atoms with Crippen LogP contribution in [0.15, 0.2) is 0 Å². The lowest BCUT2D eigenvalue weighted by Gasteiger charge is -2.25. The summed E-state index contributed by atoms with van der Waals surface area (Å²) in [6.07, 6.45) is 3.92. The molecule has 6 nitrogen and oxygen atoms in total. The van der Waals surface area contributed by atoms with Crippen molar-refractivity contribution in [2.45, 2.75) is 31.7 Å². The molecule has 1 unspecified atom stereocenters. The number of hydrogen-bond donors (Lipinski definition) is 3. The van der Waals surface area contributed by atoms with Gasteiger partial charge in [-0.3, -0.25) is 0 Å². The summed E-state index contributed by atoms with van der Waals surface area (Å²) in [7, 11) is -3.37. The van der Waals surface area contributed by atoms with E-state index in [9.17, 15) is 8.42 Å². The molecule has 0 aromatic rings. The smallest absolute Gasteiger partial charge is 0.214 e. The number of rotatable bonds is 8. The maximum atomic E-state index is 12.0. The van der Waals surface area contributed by atoms with Crippen molar-refractivity contribution in [1.82, 2.24) is 9.62 Å². The topological polar surface area (TPSA) is 89.9 Å². The van der Waals surface area contributed by atoms with Gasteiger partial charge in [0.1, 0.15) is 0 Å². The average Bonchev–Trinajstić information content (AvgIpc) is 2.37. The van der Waals surface area contributed by atoms with Gasteiger partial charge in [0, 0.05) is 19.1 Å². The largest absolute Gasteiger partial charge is 0.395 e. The quantitative estimate of drug-likeness (QED) is 0.538. The van der Waals surface area contributed by atoms with E-state index >= 15 is 0 Å². The maximum Gasteiger partial charge on any atom is 0.214 e. The molecule has 0 radical (unpaired) electrons. The van der Waals surface area contributed by atoms with E-state index in [0.29, 0.717) is 6.42 Å². The second-order valence-corrected chi connectivity index (χ2v) is 6.69. The molecule has 0 aromatic heterocycles. The average molecular weight is 280 g/mol. The fourth-order valence-corrected chi connectivity index (χ4v) is 3.76. The Morgan fingerprint density at radius 2 is 1.83 bits per heavy atom. The molecule has 0 aromatic carbocycles. The molecule has 1 aliphatic heterocycles. The van der Waals surface area contributed by atoms with Gasteiger partial charge in [0.15, 0.2) is 0 Å². The van der Waals surface area contributed by atoms with Gasteiger partial charge in [0.05, 0.1) is 19.0 Å². The van der Waals surface area contributed by atoms with Crippen LogP contribution in [0.3, 0.4) is 0 Å². The first-order chi connectivity index (χ1) is 8.60. The van der Waals surface area contributed by atoms with Crippen LogP contribution in [0.1, 0.15) is 25.7 Å². The van der Waals surface area contributed by atoms with Gasteiger partial charge in [-0.1, -0.05) is 6.42 Å². The zero-order valence-electron chi connectivity index (χ0n) is 10.7. The van der Waals surface area contributed by atoms with Crippen molar-refractivity contribution >= 4 is 10.0 Å². The molecule has 1 heterocycles. The highest BCUT2D eigenvalue weighted by atomic mass is 32.2. The minimum atomic E-state index is -3.37. The lowest BCUT2D eigenvalue weighted by molar-refractivity contribution is 0.217. The highest BCUT2D eigenvalue weighted by molar-refractivity contribution is 7.89. The van der Waals surface area contributed by atoms with Crippen LogP contribution in [0.2, 0.25) is 0 Å². The molecule has 1 saturated heterocycles. The van der Waals surface area contributed by atoms with E-state index in [4.69, 9.17) is 10.2 Å². The first-order valence-electron chi connectivity index (χ1n) is 6.53. The zero-order chi connectivity index (χ0) is 13.4. The van der Waals surface area contributed by atoms with E-state index < -0.39 is 10.0 Å². The van der Waals surface area contributed by atoms with Crippen LogP contribution >= 0.6 is 0 Å². The summed E-state index contributed by atoms with van der Waals surface area (Å²) in [5, 5.41) is 21.0. The summed E-state index contributed by atoms with van der Waals surface area (Å²) in [5.74, 6) is 0.0741. The van der Waals surface area contributed by atoms with Crippen molar-refractivity contribution in [3.8, 4) is 0 Å². The first-order valence-corrected chi connectivity index (χ1v) is 8.14. The second-order valence-electron chi connectivity index (χ2n) is 4.60. The molecule has 3 N–H and O–H groups in total. The van der Waals surface area contributed by atoms with Gasteiger partial charge in [-0.15, -0.1) is 0 Å². The molecule has 0 spiro atoms. The Morgan fingerprint density at radius 1 is 1.17 bits per heavy atom. The molecule has 1 atom stereocenters. The summed E-state index contributed by atoms with van der Waals surface area (Å²) < 4.78 is 25.2. The van der Waals surface area contributed by atoms with Crippen LogP contribution in [0.5, 0.6) is 0 Å². The lowest BCUT2D eigenvalue weighted by Crippen LogP contribution is -2.40. The third-order valence-corrected chi connectivity index (χ3v) is 5.13. The van der Waals surface area contributed by atoms with Crippen LogP contribution < -0.4 is 5.32 Å². The third-order valence-electron chi connectivity index (χ3n) is 3.23. The predicted molar refractivity (Wildman–Crippen MR) is 69.8 cm³/mol. The van der Waals surface area contributed by atoms with Crippen molar-refractivity contribution in [2.24, 2.45) is 0 Å². The third kappa shape index (κ3) is 5.19. The summed E-state index contributed by atoms with van der Waals surface area (Å²) >= 11 is 0. The molecule has 0 aliphatic carbocycles. The van der Waals surface area contributed by atoms with Gasteiger partial charge >= 0.3 is 0 Å². The Morgan fingerprint density at radius 3 is 2.33 bits per heavy atom. The van der Waals surface area contributed by atoms with Crippen molar-refractivity contribution in [3.05, 3.63) is 0 Å². The normalized spacial score (nSPS) is 21.4. The minimum Gasteiger partial charge on any atom is -0.395 e. The monoisotopic (exact) mass is 280 g/mol. The number of aliphatic hydroxyl groups excluding tert-OH is 2. The van der Waals surface area contributed by atoms with Crippen molar-refractivity contribution in [3.63, 3.8) is 0 Å². The van der Waals surface area contributed by atoms with Gasteiger partial charge in [-0.25, -0.2) is 8.42 Å². The first kappa shape index (κ1) is 15.8. The van der Waals surface area contributed by atoms with E-state index in [2.05, 4.69) is 5.32 Å². The van der Waals surface area contributed by atoms with E-state index in [1.54, 1.807) is 0 Å². The van der Waals surface area contributed by atoms with E-state index in [1.165, 1.54) is 0 Å². The number of hydrogen-bond acceptors (Lipinski definition) is 5. The summed E-state index contributed by atoms with van der Waals surface area (Å²) in [4.78, 5) is 0. The fraction of sp³-hybridized carbons (Fsp3) is 1.00. The van der Waals surface area contributed by atoms with E-state index in [1.807, 2.05) is 0 Å². The molecule has 108 valence electrons. The fourth-order valence-electron chi connectivity index (χ4n) is 2.20. The van der Waals surface area contributed by atoms with Crippen molar-refractivity contribution in [2.75, 3.05) is 38.6 Å². The minimum absolute atomic E-state index is 0.0565. The van der Waals surface area contributed by atoms with Crippen LogP contribution in [0.4, 0.5) is 0 Å². The molecule has 7 heteroatoms. The highest BCUT2D eigenvalue weighted by Crippen LogP contribution is 2.12. The Kier molecular flexibility index (Phi) is 7.10. The van der Waals surface area contributed by atoms with Crippen molar-refractivity contribution < 1.29 is 18.6 Å².